The fourth-order valence-electron chi connectivity index (χ4n) is 3.51. The van der Waals surface area contributed by atoms with Gasteiger partial charge in [0.15, 0.2) is 0 Å². The average molecular weight is 495 g/mol. The molecule has 2 unspecified atom stereocenters. The Morgan fingerprint density at radius 1 is 1.03 bits per heavy atom. The van der Waals surface area contributed by atoms with E-state index in [0.29, 0.717) is 11.3 Å². The Hall–Kier alpha value is -4.32. The molecule has 190 valence electrons. The Morgan fingerprint density at radius 3 is 2.14 bits per heavy atom. The van der Waals surface area contributed by atoms with Gasteiger partial charge in [-0.3, -0.25) is 10.1 Å². The van der Waals surface area contributed by atoms with Crippen LogP contribution in [0.2, 0.25) is 0 Å². The van der Waals surface area contributed by atoms with E-state index in [1.165, 1.54) is 43.3 Å². The van der Waals surface area contributed by atoms with Crippen molar-refractivity contribution in [1.82, 2.24) is 5.32 Å². The van der Waals surface area contributed by atoms with E-state index < -0.39 is 41.0 Å². The molecule has 0 saturated heterocycles. The monoisotopic (exact) mass is 494 g/mol. The van der Waals surface area contributed by atoms with Crippen LogP contribution in [0.15, 0.2) is 54.6 Å². The number of hydrogen-bond acceptors (Lipinski definition) is 6. The molecule has 0 saturated carbocycles. The van der Waals surface area contributed by atoms with E-state index in [1.807, 2.05) is 0 Å². The molecule has 2 aromatic rings. The van der Waals surface area contributed by atoms with Crippen LogP contribution in [0.1, 0.15) is 56.0 Å². The van der Waals surface area contributed by atoms with Crippen LogP contribution in [0.4, 0.5) is 10.5 Å². The van der Waals surface area contributed by atoms with E-state index in [-0.39, 0.29) is 18.6 Å². The van der Waals surface area contributed by atoms with Crippen LogP contribution in [-0.4, -0.2) is 46.8 Å². The number of carboxylic acids is 1. The van der Waals surface area contributed by atoms with Crippen molar-refractivity contribution in [3.63, 3.8) is 0 Å². The molecule has 0 aliphatic heterocycles. The number of hydrogen-bond donors (Lipinski definition) is 3. The van der Waals surface area contributed by atoms with Gasteiger partial charge in [0.2, 0.25) is 5.54 Å². The molecule has 0 bridgehead atoms. The summed E-state index contributed by atoms with van der Waals surface area (Å²) in [5.41, 5.74) is -2.34. The number of ether oxygens (including phenoxy) is 2. The zero-order chi connectivity index (χ0) is 26.9. The lowest BCUT2D eigenvalue weighted by Gasteiger charge is -2.35. The smallest absolute Gasteiger partial charge is 0.412 e. The second kappa shape index (κ2) is 11.9. The quantitative estimate of drug-likeness (QED) is 0.273. The zero-order valence-electron chi connectivity index (χ0n) is 20.7. The maximum Gasteiger partial charge on any atom is 0.412 e. The minimum atomic E-state index is -2.52. The number of esters is 1. The fourth-order valence-corrected chi connectivity index (χ4v) is 3.51. The number of anilines is 1. The summed E-state index contributed by atoms with van der Waals surface area (Å²) in [6, 6.07) is 13.9. The zero-order valence-corrected chi connectivity index (χ0v) is 20.7. The van der Waals surface area contributed by atoms with Crippen molar-refractivity contribution in [1.29, 1.82) is 0 Å². The van der Waals surface area contributed by atoms with Crippen molar-refractivity contribution in [2.75, 3.05) is 11.9 Å². The lowest BCUT2D eigenvalue weighted by atomic mass is 9.76. The van der Waals surface area contributed by atoms with Crippen LogP contribution in [0.5, 0.6) is 0 Å². The number of carbonyl (C=O) groups is 4. The Bertz CT molecular complexity index is 1130. The van der Waals surface area contributed by atoms with Crippen LogP contribution in [-0.2, 0) is 19.1 Å². The van der Waals surface area contributed by atoms with Crippen LogP contribution < -0.4 is 10.6 Å². The topological polar surface area (TPSA) is 131 Å². The van der Waals surface area contributed by atoms with Crippen molar-refractivity contribution in [2.24, 2.45) is 0 Å². The summed E-state index contributed by atoms with van der Waals surface area (Å²) in [5.74, 6) is -2.36. The third-order valence-electron chi connectivity index (χ3n) is 5.08. The first-order valence-corrected chi connectivity index (χ1v) is 11.3. The predicted molar refractivity (Wildman–Crippen MR) is 133 cm³/mol. The van der Waals surface area contributed by atoms with Gasteiger partial charge in [0, 0.05) is 23.6 Å². The summed E-state index contributed by atoms with van der Waals surface area (Å²) in [6.45, 7) is 6.59. The van der Waals surface area contributed by atoms with E-state index in [9.17, 15) is 24.3 Å². The molecule has 0 heterocycles. The molecule has 2 amide bonds. The predicted octanol–water partition coefficient (Wildman–Crippen LogP) is 3.96. The van der Waals surface area contributed by atoms with Crippen LogP contribution >= 0.6 is 0 Å². The molecule has 9 nitrogen and oxygen atoms in total. The second-order valence-corrected chi connectivity index (χ2v) is 8.86. The normalized spacial score (nSPS) is 13.3. The number of nitrogens with one attached hydrogen (secondary N) is 2. The molecular formula is C27H30N2O7. The lowest BCUT2D eigenvalue weighted by Crippen LogP contribution is -2.64. The standard InChI is InChI=1S/C27H30N2O7/c1-6-11-21(18-14-16-20(17-15-18)28-25(34)36-26(3,4)5)27(23(31)32,24(33)35-7-2)29-22(30)19-12-9-8-10-13-19/h1,8-10,12-17,21H,7,11H2,2-5H3,(H,28,34)(H,29,30)(H,31,32). The molecule has 36 heavy (non-hydrogen) atoms. The highest BCUT2D eigenvalue weighted by Crippen LogP contribution is 2.34. The van der Waals surface area contributed by atoms with Gasteiger partial charge in [-0.05, 0) is 57.5 Å². The number of amides is 2. The van der Waals surface area contributed by atoms with E-state index >= 15 is 0 Å². The first-order valence-electron chi connectivity index (χ1n) is 11.3. The van der Waals surface area contributed by atoms with Gasteiger partial charge in [-0.15, -0.1) is 12.3 Å². The summed E-state index contributed by atoms with van der Waals surface area (Å²) in [4.78, 5) is 50.9. The summed E-state index contributed by atoms with van der Waals surface area (Å²) >= 11 is 0. The third-order valence-corrected chi connectivity index (χ3v) is 5.08. The number of benzene rings is 2. The SMILES string of the molecule is C#CCC(c1ccc(NC(=O)OC(C)(C)C)cc1)C(NC(=O)c1ccccc1)(C(=O)O)C(=O)OCC. The second-order valence-electron chi connectivity index (χ2n) is 8.86. The molecule has 2 rings (SSSR count). The number of rotatable bonds is 9. The third kappa shape index (κ3) is 6.85. The van der Waals surface area contributed by atoms with Gasteiger partial charge < -0.3 is 19.9 Å². The highest BCUT2D eigenvalue weighted by molar-refractivity contribution is 6.10. The first kappa shape index (κ1) is 27.9. The number of terminal acetylenes is 1. The maximum absolute atomic E-state index is 13.1. The minimum Gasteiger partial charge on any atom is -0.479 e. The molecule has 0 aliphatic rings. The molecule has 2 aromatic carbocycles. The van der Waals surface area contributed by atoms with E-state index in [2.05, 4.69) is 16.6 Å². The molecule has 0 fully saturated rings. The van der Waals surface area contributed by atoms with Gasteiger partial charge in [0.25, 0.3) is 5.91 Å². The number of carboxylic acid groups (broad SMARTS) is 1. The van der Waals surface area contributed by atoms with Crippen molar-refractivity contribution in [3.05, 3.63) is 65.7 Å². The van der Waals surface area contributed by atoms with Crippen molar-refractivity contribution >= 4 is 29.6 Å². The van der Waals surface area contributed by atoms with E-state index in [4.69, 9.17) is 15.9 Å². The van der Waals surface area contributed by atoms with Crippen molar-refractivity contribution in [3.8, 4) is 12.3 Å². The summed E-state index contributed by atoms with van der Waals surface area (Å²) in [7, 11) is 0. The summed E-state index contributed by atoms with van der Waals surface area (Å²) < 4.78 is 10.3. The average Bonchev–Trinajstić information content (AvgIpc) is 2.81. The molecule has 0 radical (unpaired) electrons. The van der Waals surface area contributed by atoms with E-state index in [0.717, 1.165) is 0 Å². The molecule has 3 N–H and O–H groups in total. The molecule has 0 spiro atoms. The van der Waals surface area contributed by atoms with Gasteiger partial charge in [-0.2, -0.15) is 0 Å². The summed E-state index contributed by atoms with van der Waals surface area (Å²) in [6.07, 6.45) is 4.67. The van der Waals surface area contributed by atoms with Gasteiger partial charge >= 0.3 is 18.0 Å². The van der Waals surface area contributed by atoms with Gasteiger partial charge in [0.05, 0.1) is 6.61 Å². The molecule has 2 atom stereocenters. The van der Waals surface area contributed by atoms with Crippen molar-refractivity contribution in [2.45, 2.75) is 51.2 Å². The molecule has 0 aliphatic carbocycles. The lowest BCUT2D eigenvalue weighted by molar-refractivity contribution is -0.163. The van der Waals surface area contributed by atoms with E-state index in [1.54, 1.807) is 39.0 Å². The van der Waals surface area contributed by atoms with Gasteiger partial charge in [0.1, 0.15) is 5.60 Å². The minimum absolute atomic E-state index is 0.114. The Kier molecular flexibility index (Phi) is 9.22. The van der Waals surface area contributed by atoms with Crippen LogP contribution in [0, 0.1) is 12.3 Å². The maximum atomic E-state index is 13.1. The Morgan fingerprint density at radius 2 is 1.64 bits per heavy atom. The Balaban J connectivity index is 2.51. The Labute approximate surface area is 210 Å². The summed E-state index contributed by atoms with van der Waals surface area (Å²) in [5, 5.41) is 15.3. The van der Waals surface area contributed by atoms with Crippen LogP contribution in [0.3, 0.4) is 0 Å². The molecule has 0 aromatic heterocycles. The fraction of sp³-hybridized carbons (Fsp3) is 0.333. The number of carbonyl (C=O) groups excluding carboxylic acids is 3. The molecule has 9 heteroatoms. The highest BCUT2D eigenvalue weighted by atomic mass is 16.6. The first-order chi connectivity index (χ1) is 16.9. The molecular weight excluding hydrogens is 464 g/mol. The highest BCUT2D eigenvalue weighted by Gasteiger charge is 2.56. The van der Waals surface area contributed by atoms with Gasteiger partial charge in [-0.1, -0.05) is 30.3 Å². The van der Waals surface area contributed by atoms with Crippen molar-refractivity contribution < 1.29 is 33.8 Å². The van der Waals surface area contributed by atoms with Gasteiger partial charge in [-0.25, -0.2) is 14.4 Å². The number of aliphatic carboxylic acids is 1. The van der Waals surface area contributed by atoms with Crippen LogP contribution in [0.25, 0.3) is 0 Å². The largest absolute Gasteiger partial charge is 0.479 e.